The van der Waals surface area contributed by atoms with Crippen molar-refractivity contribution in [3.63, 3.8) is 0 Å². The summed E-state index contributed by atoms with van der Waals surface area (Å²) in [5.74, 6) is -0.910. The van der Waals surface area contributed by atoms with Gasteiger partial charge in [0.15, 0.2) is 5.78 Å². The number of carbonyl (C=O) groups is 3. The highest BCUT2D eigenvalue weighted by atomic mass is 16.5. The van der Waals surface area contributed by atoms with E-state index in [0.29, 0.717) is 12.0 Å². The molecule has 0 unspecified atom stereocenters. The van der Waals surface area contributed by atoms with E-state index in [0.717, 1.165) is 42.5 Å². The molecule has 2 amide bonds. The number of methoxy groups -OCH3 is 1. The van der Waals surface area contributed by atoms with Crippen LogP contribution in [0.4, 0.5) is 10.5 Å². The minimum atomic E-state index is -0.336. The second-order valence-corrected chi connectivity index (χ2v) is 9.12. The van der Waals surface area contributed by atoms with Crippen molar-refractivity contribution in [1.82, 2.24) is 5.32 Å². The van der Waals surface area contributed by atoms with E-state index in [9.17, 15) is 14.4 Å². The Morgan fingerprint density at radius 3 is 2.00 bits per heavy atom. The Kier molecular flexibility index (Phi) is 7.43. The molecule has 0 heterocycles. The van der Waals surface area contributed by atoms with Crippen LogP contribution in [-0.2, 0) is 9.53 Å². The van der Waals surface area contributed by atoms with Crippen molar-refractivity contribution in [1.29, 1.82) is 0 Å². The van der Waals surface area contributed by atoms with Crippen LogP contribution in [0, 0.1) is 11.8 Å². The smallest absolute Gasteiger partial charge is 0.319 e. The Labute approximate surface area is 195 Å². The molecule has 174 valence electrons. The maximum atomic E-state index is 13.0. The third-order valence-corrected chi connectivity index (χ3v) is 6.94. The lowest BCUT2D eigenvalue weighted by Gasteiger charge is -2.22. The molecule has 0 aromatic heterocycles. The van der Waals surface area contributed by atoms with E-state index < -0.39 is 0 Å². The van der Waals surface area contributed by atoms with Gasteiger partial charge in [0.25, 0.3) is 0 Å². The zero-order valence-corrected chi connectivity index (χ0v) is 19.1. The van der Waals surface area contributed by atoms with Gasteiger partial charge in [0, 0.05) is 23.2 Å². The lowest BCUT2D eigenvalue weighted by atomic mass is 9.88. The van der Waals surface area contributed by atoms with Gasteiger partial charge in [0.2, 0.25) is 0 Å². The fourth-order valence-electron chi connectivity index (χ4n) is 5.09. The largest absolute Gasteiger partial charge is 0.469 e. The number of nitrogens with one attached hydrogen (secondary N) is 2. The first-order valence-corrected chi connectivity index (χ1v) is 11.9. The number of amides is 2. The fraction of sp³-hybridized carbons (Fsp3) is 0.444. The van der Waals surface area contributed by atoms with Gasteiger partial charge in [-0.1, -0.05) is 62.1 Å². The van der Waals surface area contributed by atoms with E-state index in [1.807, 2.05) is 48.5 Å². The zero-order valence-electron chi connectivity index (χ0n) is 19.1. The van der Waals surface area contributed by atoms with E-state index in [-0.39, 0.29) is 35.7 Å². The average molecular weight is 449 g/mol. The molecule has 2 fully saturated rings. The van der Waals surface area contributed by atoms with Crippen molar-refractivity contribution < 1.29 is 19.1 Å². The number of Topliss-reactive ketones (excluding diaryl/α,β-unsaturated/α-hetero) is 1. The van der Waals surface area contributed by atoms with Gasteiger partial charge >= 0.3 is 12.0 Å². The fourth-order valence-corrected chi connectivity index (χ4v) is 5.09. The molecular formula is C27H32N2O4. The molecule has 2 N–H and O–H groups in total. The third-order valence-electron chi connectivity index (χ3n) is 6.94. The molecule has 6 heteroatoms. The van der Waals surface area contributed by atoms with Gasteiger partial charge in [-0.25, -0.2) is 4.79 Å². The van der Waals surface area contributed by atoms with Crippen LogP contribution in [0.3, 0.4) is 0 Å². The second-order valence-electron chi connectivity index (χ2n) is 9.12. The Hall–Kier alpha value is -3.15. The number of benzene rings is 2. The number of hydrogen-bond donors (Lipinski definition) is 2. The molecule has 0 aliphatic heterocycles. The number of esters is 1. The predicted octanol–water partition coefficient (Wildman–Crippen LogP) is 5.58. The van der Waals surface area contributed by atoms with E-state index >= 15 is 0 Å². The summed E-state index contributed by atoms with van der Waals surface area (Å²) in [5.41, 5.74) is 3.35. The Balaban J connectivity index is 1.36. The maximum Gasteiger partial charge on any atom is 0.319 e. The first kappa shape index (κ1) is 23.0. The molecule has 2 atom stereocenters. The average Bonchev–Trinajstić information content (AvgIpc) is 3.34. The van der Waals surface area contributed by atoms with E-state index in [1.54, 1.807) is 0 Å². The number of urea groups is 1. The number of ketones is 1. The molecule has 0 saturated heterocycles. The molecule has 0 bridgehead atoms. The highest BCUT2D eigenvalue weighted by molar-refractivity contribution is 6.00. The summed E-state index contributed by atoms with van der Waals surface area (Å²) in [7, 11) is 1.38. The molecule has 2 aliphatic rings. The first-order chi connectivity index (χ1) is 16.0. The van der Waals surface area contributed by atoms with Crippen molar-refractivity contribution >= 4 is 23.5 Å². The first-order valence-electron chi connectivity index (χ1n) is 11.9. The SMILES string of the molecule is COC(=O)[C@@H]1CCC[C@H]1C(=O)c1ccc(-c2ccc(NC(=O)NC3CCCCC3)cc2)cc1. The summed E-state index contributed by atoms with van der Waals surface area (Å²) in [5, 5.41) is 5.97. The summed E-state index contributed by atoms with van der Waals surface area (Å²) >= 11 is 0. The molecule has 2 aromatic rings. The normalized spacial score (nSPS) is 20.8. The number of anilines is 1. The van der Waals surface area contributed by atoms with Crippen LogP contribution in [0.1, 0.15) is 61.7 Å². The van der Waals surface area contributed by atoms with Crippen molar-refractivity contribution in [2.24, 2.45) is 11.8 Å². The van der Waals surface area contributed by atoms with Crippen molar-refractivity contribution in [3.8, 4) is 11.1 Å². The highest BCUT2D eigenvalue weighted by Crippen LogP contribution is 2.35. The quantitative estimate of drug-likeness (QED) is 0.446. The second kappa shape index (κ2) is 10.6. The van der Waals surface area contributed by atoms with Gasteiger partial charge in [-0.2, -0.15) is 0 Å². The van der Waals surface area contributed by atoms with Crippen molar-refractivity contribution in [2.45, 2.75) is 57.4 Å². The molecule has 6 nitrogen and oxygen atoms in total. The molecule has 33 heavy (non-hydrogen) atoms. The molecule has 2 aromatic carbocycles. The van der Waals surface area contributed by atoms with Crippen molar-refractivity contribution in [2.75, 3.05) is 12.4 Å². The van der Waals surface area contributed by atoms with Crippen LogP contribution in [-0.4, -0.2) is 30.9 Å². The van der Waals surface area contributed by atoms with E-state index in [2.05, 4.69) is 10.6 Å². The Bertz CT molecular complexity index is 978. The van der Waals surface area contributed by atoms with Gasteiger partial charge in [-0.3, -0.25) is 9.59 Å². The monoisotopic (exact) mass is 448 g/mol. The Morgan fingerprint density at radius 2 is 1.36 bits per heavy atom. The summed E-state index contributed by atoms with van der Waals surface area (Å²) in [6, 6.07) is 15.3. The molecule has 0 spiro atoms. The lowest BCUT2D eigenvalue weighted by molar-refractivity contribution is -0.146. The minimum absolute atomic E-state index is 0.0120. The molecule has 4 rings (SSSR count). The van der Waals surface area contributed by atoms with Crippen LogP contribution in [0.15, 0.2) is 48.5 Å². The van der Waals surface area contributed by atoms with Crippen LogP contribution < -0.4 is 10.6 Å². The number of ether oxygens (including phenoxy) is 1. The van der Waals surface area contributed by atoms with Crippen molar-refractivity contribution in [3.05, 3.63) is 54.1 Å². The van der Waals surface area contributed by atoms with Crippen LogP contribution in [0.25, 0.3) is 11.1 Å². The molecule has 2 aliphatic carbocycles. The summed E-state index contributed by atoms with van der Waals surface area (Å²) in [4.78, 5) is 37.2. The zero-order chi connectivity index (χ0) is 23.2. The molecule has 0 radical (unpaired) electrons. The minimum Gasteiger partial charge on any atom is -0.469 e. The predicted molar refractivity (Wildman–Crippen MR) is 128 cm³/mol. The van der Waals surface area contributed by atoms with E-state index in [4.69, 9.17) is 4.74 Å². The van der Waals surface area contributed by atoms with Crippen LogP contribution >= 0.6 is 0 Å². The summed E-state index contributed by atoms with van der Waals surface area (Å²) < 4.78 is 4.88. The van der Waals surface area contributed by atoms with Gasteiger partial charge in [0.05, 0.1) is 13.0 Å². The molecule has 2 saturated carbocycles. The number of hydrogen-bond acceptors (Lipinski definition) is 4. The number of carbonyl (C=O) groups excluding carboxylic acids is 3. The topological polar surface area (TPSA) is 84.5 Å². The van der Waals surface area contributed by atoms with Crippen LogP contribution in [0.2, 0.25) is 0 Å². The van der Waals surface area contributed by atoms with Gasteiger partial charge in [-0.05, 0) is 48.9 Å². The third kappa shape index (κ3) is 5.62. The molecular weight excluding hydrogens is 416 g/mol. The van der Waals surface area contributed by atoms with E-state index in [1.165, 1.54) is 26.4 Å². The lowest BCUT2D eigenvalue weighted by Crippen LogP contribution is -2.38. The van der Waals surface area contributed by atoms with Crippen LogP contribution in [0.5, 0.6) is 0 Å². The number of rotatable bonds is 6. The highest BCUT2D eigenvalue weighted by Gasteiger charge is 2.38. The summed E-state index contributed by atoms with van der Waals surface area (Å²) in [6.45, 7) is 0. The standard InChI is InChI=1S/C27H32N2O4/c1-33-26(31)24-9-5-8-23(24)25(30)20-12-10-18(11-13-20)19-14-16-22(17-15-19)29-27(32)28-21-6-3-2-4-7-21/h10-17,21,23-24H,2-9H2,1H3,(H2,28,29,32)/t23-,24-/m1/s1. The van der Waals surface area contributed by atoms with Gasteiger partial charge < -0.3 is 15.4 Å². The summed E-state index contributed by atoms with van der Waals surface area (Å²) in [6.07, 6.45) is 8.01. The Morgan fingerprint density at radius 1 is 0.758 bits per heavy atom. The van der Waals surface area contributed by atoms with Gasteiger partial charge in [-0.15, -0.1) is 0 Å². The maximum absolute atomic E-state index is 13.0. The van der Waals surface area contributed by atoms with Gasteiger partial charge in [0.1, 0.15) is 0 Å².